The Labute approximate surface area is 71.9 Å². The van der Waals surface area contributed by atoms with Crippen molar-refractivity contribution < 1.29 is 0 Å². The number of nitrogens with zero attached hydrogens (tertiary/aromatic N) is 1. The van der Waals surface area contributed by atoms with Gasteiger partial charge in [-0.05, 0) is 26.7 Å². The van der Waals surface area contributed by atoms with Crippen molar-refractivity contribution in [1.29, 1.82) is 0 Å². The van der Waals surface area contributed by atoms with Crippen molar-refractivity contribution in [1.82, 2.24) is 14.9 Å². The second-order valence-corrected chi connectivity index (χ2v) is 6.16. The maximum atomic E-state index is 3.52. The summed E-state index contributed by atoms with van der Waals surface area (Å²) in [5.74, 6) is 0. The molecule has 0 spiro atoms. The maximum absolute atomic E-state index is 3.52. The van der Waals surface area contributed by atoms with E-state index in [1.807, 2.05) is 0 Å². The molecular weight excluding hydrogens is 154 g/mol. The Morgan fingerprint density at radius 3 is 2.27 bits per heavy atom. The largest absolute Gasteiger partial charge is 0.320 e. The first-order valence-electron chi connectivity index (χ1n) is 4.32. The standard InChI is InChI=1S/C7H21N3Si/c1-5-8-7-9-11(6-2)10(3)4/h8-9,11H,5-7H2,1-4H3. The van der Waals surface area contributed by atoms with Crippen LogP contribution in [0.15, 0.2) is 0 Å². The van der Waals surface area contributed by atoms with Crippen molar-refractivity contribution in [3.63, 3.8) is 0 Å². The van der Waals surface area contributed by atoms with Gasteiger partial charge in [-0.1, -0.05) is 13.8 Å². The van der Waals surface area contributed by atoms with Gasteiger partial charge in [-0.3, -0.25) is 0 Å². The summed E-state index contributed by atoms with van der Waals surface area (Å²) >= 11 is 0. The van der Waals surface area contributed by atoms with Gasteiger partial charge in [-0.15, -0.1) is 0 Å². The molecule has 0 aliphatic carbocycles. The Balaban J connectivity index is 3.36. The minimum absolute atomic E-state index is 0.797. The summed E-state index contributed by atoms with van der Waals surface area (Å²) in [7, 11) is 3.51. The van der Waals surface area contributed by atoms with E-state index >= 15 is 0 Å². The molecule has 1 atom stereocenters. The average Bonchev–Trinajstić information content (AvgIpc) is 1.97. The lowest BCUT2D eigenvalue weighted by molar-refractivity contribution is 0.592. The maximum Gasteiger partial charge on any atom is 0.187 e. The Kier molecular flexibility index (Phi) is 6.85. The third kappa shape index (κ3) is 5.38. The topological polar surface area (TPSA) is 27.3 Å². The summed E-state index contributed by atoms with van der Waals surface area (Å²) in [6, 6.07) is 1.28. The minimum atomic E-state index is -0.797. The second kappa shape index (κ2) is 6.79. The Morgan fingerprint density at radius 1 is 1.27 bits per heavy atom. The van der Waals surface area contributed by atoms with Crippen LogP contribution in [0, 0.1) is 0 Å². The van der Waals surface area contributed by atoms with Crippen molar-refractivity contribution >= 4 is 9.12 Å². The molecule has 3 nitrogen and oxygen atoms in total. The number of hydrogen-bond acceptors (Lipinski definition) is 3. The molecule has 4 heteroatoms. The predicted molar refractivity (Wildman–Crippen MR) is 53.0 cm³/mol. The predicted octanol–water partition coefficient (Wildman–Crippen LogP) is -0.0550. The van der Waals surface area contributed by atoms with Crippen LogP contribution in [0.2, 0.25) is 6.04 Å². The minimum Gasteiger partial charge on any atom is -0.320 e. The Hall–Kier alpha value is 0.0969. The molecule has 11 heavy (non-hydrogen) atoms. The molecule has 0 heterocycles. The van der Waals surface area contributed by atoms with E-state index in [1.165, 1.54) is 6.04 Å². The van der Waals surface area contributed by atoms with Crippen molar-refractivity contribution in [3.8, 4) is 0 Å². The summed E-state index contributed by atoms with van der Waals surface area (Å²) in [4.78, 5) is 3.52. The zero-order chi connectivity index (χ0) is 8.69. The van der Waals surface area contributed by atoms with E-state index in [0.717, 1.165) is 13.2 Å². The monoisotopic (exact) mass is 175 g/mol. The van der Waals surface area contributed by atoms with Gasteiger partial charge in [0.15, 0.2) is 9.12 Å². The fourth-order valence-electron chi connectivity index (χ4n) is 1.01. The molecule has 2 N–H and O–H groups in total. The highest BCUT2D eigenvalue weighted by atomic mass is 28.3. The fraction of sp³-hybridized carbons (Fsp3) is 1.00. The van der Waals surface area contributed by atoms with Crippen LogP contribution in [-0.2, 0) is 0 Å². The normalized spacial score (nSPS) is 13.9. The first-order valence-corrected chi connectivity index (χ1v) is 6.23. The van der Waals surface area contributed by atoms with Gasteiger partial charge in [0, 0.05) is 6.67 Å². The lowest BCUT2D eigenvalue weighted by atomic mass is 10.8. The summed E-state index contributed by atoms with van der Waals surface area (Å²) in [6.45, 7) is 6.38. The Bertz CT molecular complexity index is 87.8. The SMILES string of the molecule is CCNCN[SiH](CC)N(C)C. The molecule has 0 aliphatic rings. The van der Waals surface area contributed by atoms with E-state index < -0.39 is 9.12 Å². The third-order valence-electron chi connectivity index (χ3n) is 1.72. The van der Waals surface area contributed by atoms with Crippen LogP contribution in [0.5, 0.6) is 0 Å². The Morgan fingerprint density at radius 2 is 1.91 bits per heavy atom. The average molecular weight is 175 g/mol. The smallest absolute Gasteiger partial charge is 0.187 e. The number of hydrogen-bond donors (Lipinski definition) is 2. The molecule has 0 bridgehead atoms. The van der Waals surface area contributed by atoms with Gasteiger partial charge in [0.2, 0.25) is 0 Å². The van der Waals surface area contributed by atoms with Crippen molar-refractivity contribution in [2.75, 3.05) is 27.3 Å². The first kappa shape index (κ1) is 11.1. The highest BCUT2D eigenvalue weighted by Crippen LogP contribution is 1.88. The van der Waals surface area contributed by atoms with E-state index in [9.17, 15) is 0 Å². The van der Waals surface area contributed by atoms with Crippen molar-refractivity contribution in [2.24, 2.45) is 0 Å². The first-order chi connectivity index (χ1) is 5.22. The molecule has 0 rings (SSSR count). The van der Waals surface area contributed by atoms with Gasteiger partial charge in [-0.2, -0.15) is 0 Å². The van der Waals surface area contributed by atoms with Crippen LogP contribution in [-0.4, -0.2) is 41.0 Å². The van der Waals surface area contributed by atoms with Crippen LogP contribution >= 0.6 is 0 Å². The van der Waals surface area contributed by atoms with Crippen LogP contribution in [0.1, 0.15) is 13.8 Å². The lowest BCUT2D eigenvalue weighted by Gasteiger charge is -2.22. The van der Waals surface area contributed by atoms with Crippen molar-refractivity contribution in [3.05, 3.63) is 0 Å². The molecule has 0 aromatic carbocycles. The van der Waals surface area contributed by atoms with E-state index in [2.05, 4.69) is 42.8 Å². The highest BCUT2D eigenvalue weighted by Gasteiger charge is 2.08. The van der Waals surface area contributed by atoms with Gasteiger partial charge in [0.25, 0.3) is 0 Å². The molecule has 0 aromatic rings. The zero-order valence-electron chi connectivity index (χ0n) is 8.15. The summed E-state index contributed by atoms with van der Waals surface area (Å²) in [5.41, 5.74) is 0. The van der Waals surface area contributed by atoms with Gasteiger partial charge >= 0.3 is 0 Å². The quantitative estimate of drug-likeness (QED) is 0.337. The number of rotatable bonds is 6. The van der Waals surface area contributed by atoms with E-state index in [4.69, 9.17) is 0 Å². The van der Waals surface area contributed by atoms with Gasteiger partial charge in [0.05, 0.1) is 0 Å². The van der Waals surface area contributed by atoms with Crippen LogP contribution in [0.25, 0.3) is 0 Å². The van der Waals surface area contributed by atoms with E-state index in [1.54, 1.807) is 0 Å². The van der Waals surface area contributed by atoms with Crippen LogP contribution in [0.3, 0.4) is 0 Å². The lowest BCUT2D eigenvalue weighted by Crippen LogP contribution is -2.49. The molecule has 0 aliphatic heterocycles. The summed E-state index contributed by atoms with van der Waals surface area (Å²) < 4.78 is 2.33. The van der Waals surface area contributed by atoms with Gasteiger partial charge in [0.1, 0.15) is 0 Å². The van der Waals surface area contributed by atoms with E-state index in [-0.39, 0.29) is 0 Å². The molecule has 0 aromatic heterocycles. The molecule has 68 valence electrons. The summed E-state index contributed by atoms with van der Waals surface area (Å²) in [5, 5.41) is 3.26. The zero-order valence-corrected chi connectivity index (χ0v) is 9.30. The third-order valence-corrected chi connectivity index (χ3v) is 4.42. The molecule has 0 amide bonds. The van der Waals surface area contributed by atoms with Gasteiger partial charge < -0.3 is 14.9 Å². The molecule has 1 unspecified atom stereocenters. The highest BCUT2D eigenvalue weighted by molar-refractivity contribution is 6.52. The van der Waals surface area contributed by atoms with Crippen molar-refractivity contribution in [2.45, 2.75) is 19.9 Å². The van der Waals surface area contributed by atoms with Crippen LogP contribution < -0.4 is 10.3 Å². The molecular formula is C7H21N3Si. The molecule has 0 saturated heterocycles. The molecule has 0 saturated carbocycles. The second-order valence-electron chi connectivity index (χ2n) is 2.87. The molecule has 0 fully saturated rings. The summed E-state index contributed by atoms with van der Waals surface area (Å²) in [6.07, 6.45) is 0. The number of nitrogens with one attached hydrogen (secondary N) is 2. The molecule has 0 radical (unpaired) electrons. The van der Waals surface area contributed by atoms with Gasteiger partial charge in [-0.25, -0.2) is 0 Å². The van der Waals surface area contributed by atoms with Crippen LogP contribution in [0.4, 0.5) is 0 Å². The fourth-order valence-corrected chi connectivity index (χ4v) is 2.77. The van der Waals surface area contributed by atoms with E-state index in [0.29, 0.717) is 0 Å².